The van der Waals surface area contributed by atoms with E-state index in [0.29, 0.717) is 15.5 Å². The van der Waals surface area contributed by atoms with Crippen LogP contribution in [0.3, 0.4) is 0 Å². The number of aromatic nitrogens is 5. The average molecular weight is 850 g/mol. The summed E-state index contributed by atoms with van der Waals surface area (Å²) in [6, 6.07) is -13.0. The highest BCUT2D eigenvalue weighted by Crippen LogP contribution is 2.42. The lowest BCUT2D eigenvalue weighted by atomic mass is 10.0. The Kier molecular flexibility index (Phi) is 3.98. The van der Waals surface area contributed by atoms with Crippen LogP contribution in [0.25, 0.3) is 120 Å². The highest BCUT2D eigenvalue weighted by molar-refractivity contribution is 7.25. The summed E-state index contributed by atoms with van der Waals surface area (Å²) in [6.45, 7) is 0. The SMILES string of the molecule is [2H]c1c([2H])c([2H])c(-c2c([2H])c([2H])c3c4c([2H])c([2H])c([2H])c([2H])c4n(-c4nc(-c5cccc6sc7ccccc7c56)nc(-n5c6c([2H])c(-c7c([2H])c([2H])c([2H])c([2H])c7[2H])c([2H])c([2H])c6c6c([2H])c([2H])c(-c7c([2H])c([2H])c([2H])c([2H])c7[2H])c([2H])c65)n4)c3c2[2H])c([2H])c1[2H]. The minimum atomic E-state index is -0.951. The van der Waals surface area contributed by atoms with E-state index in [0.717, 1.165) is 13.8 Å². The zero-order valence-electron chi connectivity index (χ0n) is 59.7. The van der Waals surface area contributed by atoms with Gasteiger partial charge in [0.05, 0.1) is 60.4 Å². The van der Waals surface area contributed by atoms with Crippen LogP contribution in [0.15, 0.2) is 212 Å². The molecule has 0 bridgehead atoms. The van der Waals surface area contributed by atoms with E-state index >= 15 is 0 Å². The molecular formula is C57H35N5S. The summed E-state index contributed by atoms with van der Waals surface area (Å²) in [5.41, 5.74) is -6.85. The van der Waals surface area contributed by atoms with Crippen molar-refractivity contribution >= 4 is 75.1 Å². The Morgan fingerprint density at radius 3 is 1.38 bits per heavy atom. The summed E-state index contributed by atoms with van der Waals surface area (Å²) in [4.78, 5) is 14.9. The number of benzene rings is 9. The topological polar surface area (TPSA) is 48.5 Å². The third-order valence-corrected chi connectivity index (χ3v) is 11.5. The van der Waals surface area contributed by atoms with Crippen LogP contribution in [0.5, 0.6) is 0 Å². The summed E-state index contributed by atoms with van der Waals surface area (Å²) in [6.07, 6.45) is 0. The molecule has 0 atom stereocenters. The Morgan fingerprint density at radius 2 is 0.825 bits per heavy atom. The highest BCUT2D eigenvalue weighted by atomic mass is 32.1. The first-order chi connectivity index (χ1) is 42.9. The molecule has 9 aromatic carbocycles. The minimum absolute atomic E-state index is 0.171. The fourth-order valence-electron chi connectivity index (χ4n) is 7.65. The fourth-order valence-corrected chi connectivity index (χ4v) is 8.78. The molecule has 0 aliphatic carbocycles. The molecule has 294 valence electrons. The van der Waals surface area contributed by atoms with E-state index in [4.69, 9.17) is 38.3 Å². The van der Waals surface area contributed by atoms with Gasteiger partial charge in [-0.3, -0.25) is 9.13 Å². The van der Waals surface area contributed by atoms with E-state index in [1.54, 1.807) is 36.4 Å². The molecule has 0 aliphatic heterocycles. The van der Waals surface area contributed by atoms with Gasteiger partial charge in [-0.25, -0.2) is 0 Å². The lowest BCUT2D eigenvalue weighted by Crippen LogP contribution is -2.10. The molecule has 0 N–H and O–H groups in total. The maximum Gasteiger partial charge on any atom is 0.240 e. The largest absolute Gasteiger partial charge is 0.278 e. The third-order valence-electron chi connectivity index (χ3n) is 10.3. The Labute approximate surface area is 405 Å². The number of fused-ring (bicyclic) bond motifs is 9. The molecule has 0 fully saturated rings. The lowest BCUT2D eigenvalue weighted by Gasteiger charge is -2.14. The summed E-state index contributed by atoms with van der Waals surface area (Å²) in [5, 5.41) is -1.05. The van der Waals surface area contributed by atoms with Crippen molar-refractivity contribution in [3.05, 3.63) is 212 Å². The number of hydrogen-bond acceptors (Lipinski definition) is 4. The van der Waals surface area contributed by atoms with E-state index in [2.05, 4.69) is 0 Å². The molecule has 63 heavy (non-hydrogen) atoms. The van der Waals surface area contributed by atoms with Gasteiger partial charge < -0.3 is 0 Å². The van der Waals surface area contributed by atoms with Crippen molar-refractivity contribution in [2.75, 3.05) is 0 Å². The summed E-state index contributed by atoms with van der Waals surface area (Å²) in [7, 11) is 0. The molecule has 0 amide bonds. The van der Waals surface area contributed by atoms with Gasteiger partial charge in [0.1, 0.15) is 0 Å². The predicted molar refractivity (Wildman–Crippen MR) is 263 cm³/mol. The van der Waals surface area contributed by atoms with Crippen molar-refractivity contribution in [2.45, 2.75) is 0 Å². The second-order valence-electron chi connectivity index (χ2n) is 13.9. The van der Waals surface area contributed by atoms with Crippen LogP contribution in [0, 0.1) is 0 Å². The molecule has 5 nitrogen and oxygen atoms in total. The summed E-state index contributed by atoms with van der Waals surface area (Å²) < 4.78 is 259. The molecule has 13 aromatic rings. The van der Waals surface area contributed by atoms with Crippen molar-refractivity contribution in [2.24, 2.45) is 0 Å². The first-order valence-electron chi connectivity index (χ1n) is 32.9. The second kappa shape index (κ2) is 14.2. The monoisotopic (exact) mass is 849 g/mol. The first-order valence-corrected chi connectivity index (χ1v) is 19.7. The van der Waals surface area contributed by atoms with E-state index in [1.807, 2.05) is 6.07 Å². The van der Waals surface area contributed by atoms with Gasteiger partial charge in [-0.05, 0) is 69.7 Å². The fraction of sp³-hybridized carbons (Fsp3) is 0. The van der Waals surface area contributed by atoms with Crippen LogP contribution in [-0.2, 0) is 0 Å². The van der Waals surface area contributed by atoms with E-state index in [1.165, 1.54) is 11.3 Å². The van der Waals surface area contributed by atoms with E-state index in [-0.39, 0.29) is 11.4 Å². The zero-order valence-corrected chi connectivity index (χ0v) is 32.5. The lowest BCUT2D eigenvalue weighted by molar-refractivity contribution is 0.893. The average Bonchev–Trinajstić information content (AvgIpc) is 1.56. The van der Waals surface area contributed by atoms with Crippen molar-refractivity contribution in [1.29, 1.82) is 0 Å². The van der Waals surface area contributed by atoms with Crippen LogP contribution in [0.1, 0.15) is 38.4 Å². The Hall–Kier alpha value is -8.19. The smallest absolute Gasteiger partial charge is 0.240 e. The van der Waals surface area contributed by atoms with Crippen molar-refractivity contribution in [3.8, 4) is 56.7 Å². The van der Waals surface area contributed by atoms with Crippen LogP contribution < -0.4 is 0 Å². The quantitative estimate of drug-likeness (QED) is 0.167. The molecule has 4 aromatic heterocycles. The van der Waals surface area contributed by atoms with Crippen molar-refractivity contribution in [1.82, 2.24) is 24.1 Å². The van der Waals surface area contributed by atoms with Crippen molar-refractivity contribution < 1.29 is 38.4 Å². The number of thiophene rings is 1. The maximum atomic E-state index is 10.2. The van der Waals surface area contributed by atoms with E-state index in [9.17, 15) is 15.1 Å². The number of nitrogens with zero attached hydrogens (tertiary/aromatic N) is 5. The van der Waals surface area contributed by atoms with Gasteiger partial charge in [-0.15, -0.1) is 11.3 Å². The van der Waals surface area contributed by atoms with Crippen LogP contribution in [-0.4, -0.2) is 24.1 Å². The van der Waals surface area contributed by atoms with Gasteiger partial charge in [0.2, 0.25) is 11.9 Å². The summed E-state index contributed by atoms with van der Waals surface area (Å²) in [5.74, 6) is -1.92. The van der Waals surface area contributed by atoms with Gasteiger partial charge in [-0.2, -0.15) is 15.0 Å². The Balaban J connectivity index is 1.32. The first kappa shape index (κ1) is 17.7. The molecule has 0 aliphatic rings. The molecule has 0 saturated carbocycles. The zero-order chi connectivity index (χ0) is 65.8. The van der Waals surface area contributed by atoms with Gasteiger partial charge in [0.25, 0.3) is 0 Å². The molecule has 6 heteroatoms. The van der Waals surface area contributed by atoms with Gasteiger partial charge >= 0.3 is 0 Å². The standard InChI is InChI=1S/C57H35N5S/c1-4-15-36(16-5-1)39-27-30-43-42-21-10-12-24-48(42)61(49(43)33-39)56-58-55(47-23-14-26-53-54(47)46-22-11-13-25-52(46)63-53)59-57(60-56)62-50-34-40(37-17-6-2-7-18-37)28-31-44(50)45-32-29-41(35-51(45)62)38-19-8-3-9-20-38/h1-35H/i1D,2D,3D,4D,5D,6D,7D,8D,9D,10D,12D,15D,16D,17D,18D,19D,20D,21D,24D,27D,28D,29D,30D,31D,32D,33D,34D,35D. The van der Waals surface area contributed by atoms with Crippen LogP contribution >= 0.6 is 11.3 Å². The van der Waals surface area contributed by atoms with Crippen LogP contribution in [0.2, 0.25) is 0 Å². The van der Waals surface area contributed by atoms with Gasteiger partial charge in [0.15, 0.2) is 5.82 Å². The predicted octanol–water partition coefficient (Wildman–Crippen LogP) is 15.1. The van der Waals surface area contributed by atoms with Gasteiger partial charge in [0, 0.05) is 47.3 Å². The molecule has 4 heterocycles. The number of rotatable bonds is 6. The minimum Gasteiger partial charge on any atom is -0.278 e. The molecule has 0 radical (unpaired) electrons. The third kappa shape index (κ3) is 5.73. The Morgan fingerprint density at radius 1 is 0.365 bits per heavy atom. The van der Waals surface area contributed by atoms with Crippen LogP contribution in [0.4, 0.5) is 0 Å². The molecule has 0 unspecified atom stereocenters. The highest BCUT2D eigenvalue weighted by Gasteiger charge is 2.23. The van der Waals surface area contributed by atoms with Crippen molar-refractivity contribution in [3.63, 3.8) is 0 Å². The van der Waals surface area contributed by atoms with E-state index < -0.39 is 258 Å². The molecule has 0 spiro atoms. The normalized spacial score (nSPS) is 18.0. The second-order valence-corrected chi connectivity index (χ2v) is 14.9. The number of hydrogen-bond donors (Lipinski definition) is 0. The molecule has 13 rings (SSSR count). The van der Waals surface area contributed by atoms with Gasteiger partial charge in [-0.1, -0.05) is 175 Å². The molecule has 0 saturated heterocycles. The number of para-hydroxylation sites is 1. The molecular weight excluding hydrogens is 787 g/mol. The maximum absolute atomic E-state index is 10.2. The summed E-state index contributed by atoms with van der Waals surface area (Å²) >= 11 is 1.35. The Bertz CT molecular complexity index is 5370.